The molecule has 0 amide bonds. The van der Waals surface area contributed by atoms with E-state index in [9.17, 15) is 5.11 Å². The van der Waals surface area contributed by atoms with E-state index in [0.29, 0.717) is 5.95 Å². The van der Waals surface area contributed by atoms with E-state index in [2.05, 4.69) is 25.7 Å². The second-order valence-corrected chi connectivity index (χ2v) is 5.23. The van der Waals surface area contributed by atoms with Gasteiger partial charge in [-0.3, -0.25) is 5.43 Å². The highest BCUT2D eigenvalue weighted by molar-refractivity contribution is 5.35. The third-order valence-corrected chi connectivity index (χ3v) is 3.12. The minimum Gasteiger partial charge on any atom is -0.461 e. The Balaban J connectivity index is 2.06. The fourth-order valence-corrected chi connectivity index (χ4v) is 2.15. The molecule has 1 heterocycles. The fourth-order valence-electron chi connectivity index (χ4n) is 2.15. The van der Waals surface area contributed by atoms with E-state index in [0.717, 1.165) is 25.7 Å². The molecule has 112 valence electrons. The first kappa shape index (κ1) is 14.7. The number of hydrogen-bond donors (Lipinski definition) is 4. The molecule has 0 aliphatic heterocycles. The Morgan fingerprint density at radius 3 is 2.40 bits per heavy atom. The number of nitrogens with zero attached hydrogens (tertiary/aromatic N) is 3. The summed E-state index contributed by atoms with van der Waals surface area (Å²) in [6.45, 7) is 3.80. The molecule has 1 aliphatic carbocycles. The third kappa shape index (κ3) is 4.17. The lowest BCUT2D eigenvalue weighted by molar-refractivity contribution is 0.126. The Morgan fingerprint density at radius 2 is 1.80 bits per heavy atom. The number of nitrogens with two attached hydrogens (primary N) is 1. The lowest BCUT2D eigenvalue weighted by Crippen LogP contribution is -2.29. The second-order valence-electron chi connectivity index (χ2n) is 5.23. The Hall–Kier alpha value is -1.67. The molecule has 0 saturated heterocycles. The monoisotopic (exact) mass is 282 g/mol. The summed E-state index contributed by atoms with van der Waals surface area (Å²) in [7, 11) is 0. The molecule has 0 atom stereocenters. The summed E-state index contributed by atoms with van der Waals surface area (Å²) >= 11 is 0. The van der Waals surface area contributed by atoms with Crippen LogP contribution >= 0.6 is 0 Å². The van der Waals surface area contributed by atoms with Crippen LogP contribution in [0.5, 0.6) is 6.01 Å². The van der Waals surface area contributed by atoms with Crippen LogP contribution in [0.2, 0.25) is 0 Å². The molecule has 8 nitrogen and oxygen atoms in total. The highest BCUT2D eigenvalue weighted by Crippen LogP contribution is 2.22. The Kier molecular flexibility index (Phi) is 4.91. The zero-order valence-electron chi connectivity index (χ0n) is 11.8. The minimum absolute atomic E-state index is 0.0271. The molecule has 1 fully saturated rings. The molecular formula is C12H22N6O2. The van der Waals surface area contributed by atoms with Gasteiger partial charge in [-0.15, -0.1) is 0 Å². The van der Waals surface area contributed by atoms with Gasteiger partial charge >= 0.3 is 6.01 Å². The van der Waals surface area contributed by atoms with E-state index in [4.69, 9.17) is 10.6 Å². The second kappa shape index (κ2) is 6.67. The van der Waals surface area contributed by atoms with Gasteiger partial charge in [-0.25, -0.2) is 5.84 Å². The van der Waals surface area contributed by atoms with Gasteiger partial charge < -0.3 is 15.2 Å². The maximum absolute atomic E-state index is 9.50. The SMILES string of the molecule is CC(C)Oc1nc(NN)nc(NC2CCC(O)CC2)n1. The molecule has 0 unspecified atom stereocenters. The Labute approximate surface area is 118 Å². The van der Waals surface area contributed by atoms with Crippen molar-refractivity contribution in [2.24, 2.45) is 5.84 Å². The first-order valence-electron chi connectivity index (χ1n) is 6.90. The van der Waals surface area contributed by atoms with E-state index in [1.165, 1.54) is 0 Å². The van der Waals surface area contributed by atoms with Crippen LogP contribution in [-0.4, -0.2) is 38.3 Å². The van der Waals surface area contributed by atoms with Gasteiger partial charge in [0.15, 0.2) is 0 Å². The van der Waals surface area contributed by atoms with Crippen molar-refractivity contribution in [3.8, 4) is 6.01 Å². The number of aromatic nitrogens is 3. The average Bonchev–Trinajstić information content (AvgIpc) is 2.40. The smallest absolute Gasteiger partial charge is 0.323 e. The molecule has 0 bridgehead atoms. The Bertz CT molecular complexity index is 434. The van der Waals surface area contributed by atoms with Crippen molar-refractivity contribution in [2.75, 3.05) is 10.7 Å². The minimum atomic E-state index is -0.187. The van der Waals surface area contributed by atoms with Crippen LogP contribution in [0.25, 0.3) is 0 Å². The molecule has 1 aromatic heterocycles. The predicted molar refractivity (Wildman–Crippen MR) is 75.3 cm³/mol. The van der Waals surface area contributed by atoms with Gasteiger partial charge in [0.1, 0.15) is 0 Å². The molecule has 0 aromatic carbocycles. The third-order valence-electron chi connectivity index (χ3n) is 3.12. The van der Waals surface area contributed by atoms with Crippen molar-refractivity contribution < 1.29 is 9.84 Å². The van der Waals surface area contributed by atoms with E-state index in [-0.39, 0.29) is 30.2 Å². The van der Waals surface area contributed by atoms with Gasteiger partial charge in [0.2, 0.25) is 11.9 Å². The topological polar surface area (TPSA) is 118 Å². The number of hydrazine groups is 1. The summed E-state index contributed by atoms with van der Waals surface area (Å²) in [6, 6.07) is 0.486. The highest BCUT2D eigenvalue weighted by atomic mass is 16.5. The maximum Gasteiger partial charge on any atom is 0.323 e. The molecule has 5 N–H and O–H groups in total. The number of aliphatic hydroxyl groups is 1. The van der Waals surface area contributed by atoms with Gasteiger partial charge in [0.25, 0.3) is 0 Å². The standard InChI is InChI=1S/C12H22N6O2/c1-7(2)20-12-16-10(15-11(17-12)18-13)14-8-3-5-9(19)6-4-8/h7-9,19H,3-6,13H2,1-2H3,(H2,14,15,16,17,18). The van der Waals surface area contributed by atoms with Crippen LogP contribution < -0.4 is 21.3 Å². The number of nitrogens with one attached hydrogen (secondary N) is 2. The van der Waals surface area contributed by atoms with Gasteiger partial charge in [0, 0.05) is 6.04 Å². The molecule has 0 radical (unpaired) electrons. The zero-order valence-corrected chi connectivity index (χ0v) is 11.8. The van der Waals surface area contributed by atoms with Crippen LogP contribution in [0.15, 0.2) is 0 Å². The average molecular weight is 282 g/mol. The van der Waals surface area contributed by atoms with Crippen LogP contribution in [0.3, 0.4) is 0 Å². The van der Waals surface area contributed by atoms with Crippen molar-refractivity contribution in [2.45, 2.75) is 57.8 Å². The predicted octanol–water partition coefficient (Wildman–Crippen LogP) is 0.660. The first-order chi connectivity index (χ1) is 9.56. The Morgan fingerprint density at radius 1 is 1.15 bits per heavy atom. The van der Waals surface area contributed by atoms with Crippen molar-refractivity contribution in [1.82, 2.24) is 15.0 Å². The molecular weight excluding hydrogens is 260 g/mol. The lowest BCUT2D eigenvalue weighted by atomic mass is 9.93. The van der Waals surface area contributed by atoms with Crippen molar-refractivity contribution in [3.05, 3.63) is 0 Å². The van der Waals surface area contributed by atoms with E-state index in [1.807, 2.05) is 13.8 Å². The maximum atomic E-state index is 9.50. The largest absolute Gasteiger partial charge is 0.461 e. The summed E-state index contributed by atoms with van der Waals surface area (Å²) in [5.74, 6) is 6.04. The number of aliphatic hydroxyl groups excluding tert-OH is 1. The summed E-state index contributed by atoms with van der Waals surface area (Å²) in [5.41, 5.74) is 2.40. The molecule has 2 rings (SSSR count). The van der Waals surface area contributed by atoms with Crippen LogP contribution in [0.1, 0.15) is 39.5 Å². The van der Waals surface area contributed by atoms with Crippen molar-refractivity contribution in [1.29, 1.82) is 0 Å². The first-order valence-corrected chi connectivity index (χ1v) is 6.90. The van der Waals surface area contributed by atoms with Gasteiger partial charge in [-0.1, -0.05) is 0 Å². The van der Waals surface area contributed by atoms with Crippen molar-refractivity contribution in [3.63, 3.8) is 0 Å². The summed E-state index contributed by atoms with van der Waals surface area (Å²) in [6.07, 6.45) is 3.14. The normalized spacial score (nSPS) is 22.6. The van der Waals surface area contributed by atoms with Crippen LogP contribution in [0.4, 0.5) is 11.9 Å². The summed E-state index contributed by atoms with van der Waals surface area (Å²) in [4.78, 5) is 12.4. The van der Waals surface area contributed by atoms with Gasteiger partial charge in [0.05, 0.1) is 12.2 Å². The quantitative estimate of drug-likeness (QED) is 0.459. The fraction of sp³-hybridized carbons (Fsp3) is 0.750. The number of nitrogen functional groups attached to an aromatic ring is 1. The van der Waals surface area contributed by atoms with Crippen LogP contribution in [-0.2, 0) is 0 Å². The molecule has 20 heavy (non-hydrogen) atoms. The number of hydrogen-bond acceptors (Lipinski definition) is 8. The molecule has 1 saturated carbocycles. The molecule has 1 aliphatic rings. The van der Waals surface area contributed by atoms with Crippen molar-refractivity contribution >= 4 is 11.9 Å². The molecule has 8 heteroatoms. The van der Waals surface area contributed by atoms with Crippen LogP contribution in [0, 0.1) is 0 Å². The lowest BCUT2D eigenvalue weighted by Gasteiger charge is -2.26. The molecule has 1 aromatic rings. The summed E-state index contributed by atoms with van der Waals surface area (Å²) < 4.78 is 5.47. The highest BCUT2D eigenvalue weighted by Gasteiger charge is 2.20. The van der Waals surface area contributed by atoms with E-state index >= 15 is 0 Å². The van der Waals surface area contributed by atoms with E-state index in [1.54, 1.807) is 0 Å². The zero-order chi connectivity index (χ0) is 14.5. The molecule has 0 spiro atoms. The van der Waals surface area contributed by atoms with Gasteiger partial charge in [-0.05, 0) is 39.5 Å². The summed E-state index contributed by atoms with van der Waals surface area (Å²) in [5, 5.41) is 12.7. The van der Waals surface area contributed by atoms with E-state index < -0.39 is 0 Å². The number of ether oxygens (including phenoxy) is 1. The number of rotatable bonds is 5. The number of anilines is 2. The van der Waals surface area contributed by atoms with Gasteiger partial charge in [-0.2, -0.15) is 15.0 Å².